The molecule has 5 heteroatoms. The molecule has 2 rings (SSSR count). The normalized spacial score (nSPS) is 10.4. The van der Waals surface area contributed by atoms with Gasteiger partial charge in [0.05, 0.1) is 11.4 Å². The fourth-order valence-electron chi connectivity index (χ4n) is 1.62. The molecule has 1 aromatic carbocycles. The van der Waals surface area contributed by atoms with Crippen LogP contribution in [0.25, 0.3) is 0 Å². The lowest BCUT2D eigenvalue weighted by molar-refractivity contribution is 1.23. The first kappa shape index (κ1) is 13.0. The number of anilines is 2. The van der Waals surface area contributed by atoms with E-state index >= 15 is 0 Å². The van der Waals surface area contributed by atoms with Crippen molar-refractivity contribution in [2.75, 3.05) is 5.32 Å². The largest absolute Gasteiger partial charge is 0.389 e. The maximum atomic E-state index is 5.73. The number of nitrogens with two attached hydrogens (primary N) is 1. The van der Waals surface area contributed by atoms with Gasteiger partial charge in [0.25, 0.3) is 0 Å². The Bertz CT molecular complexity index is 583. The second kappa shape index (κ2) is 5.04. The zero-order valence-corrected chi connectivity index (χ0v) is 12.2. The summed E-state index contributed by atoms with van der Waals surface area (Å²) in [4.78, 5) is 6.06. The average Bonchev–Trinajstić information content (AvgIpc) is 2.57. The summed E-state index contributed by atoms with van der Waals surface area (Å²) in [5.41, 5.74) is 9.69. The molecular weight excluding hydrogens is 262 g/mol. The Kier molecular flexibility index (Phi) is 3.63. The summed E-state index contributed by atoms with van der Waals surface area (Å²) in [7, 11) is 0. The summed E-state index contributed by atoms with van der Waals surface area (Å²) in [5, 5.41) is 4.16. The molecule has 0 saturated heterocycles. The molecule has 1 heterocycles. The highest BCUT2D eigenvalue weighted by Crippen LogP contribution is 2.27. The van der Waals surface area contributed by atoms with Crippen molar-refractivity contribution in [3.05, 3.63) is 39.9 Å². The summed E-state index contributed by atoms with van der Waals surface area (Å²) < 4.78 is 0. The minimum atomic E-state index is 0.391. The predicted molar refractivity (Wildman–Crippen MR) is 81.9 cm³/mol. The highest BCUT2D eigenvalue weighted by Gasteiger charge is 2.09. The van der Waals surface area contributed by atoms with Gasteiger partial charge < -0.3 is 11.1 Å². The lowest BCUT2D eigenvalue weighted by Crippen LogP contribution is -2.12. The number of thiocarbonyl (C=S) groups is 1. The number of aryl methyl sites for hydroxylation is 3. The third-order valence-electron chi connectivity index (χ3n) is 2.71. The van der Waals surface area contributed by atoms with Gasteiger partial charge in [0, 0.05) is 10.4 Å². The quantitative estimate of drug-likeness (QED) is 0.844. The molecule has 1 aromatic heterocycles. The number of thiazole rings is 1. The highest BCUT2D eigenvalue weighted by molar-refractivity contribution is 7.80. The Hall–Kier alpha value is -1.46. The van der Waals surface area contributed by atoms with Gasteiger partial charge in [-0.15, -0.1) is 11.3 Å². The molecule has 2 aromatic rings. The number of nitrogens with one attached hydrogen (secondary N) is 1. The summed E-state index contributed by atoms with van der Waals surface area (Å²) in [6, 6.07) is 5.96. The number of hydrogen-bond donors (Lipinski definition) is 2. The Morgan fingerprint density at radius 3 is 2.61 bits per heavy atom. The zero-order chi connectivity index (χ0) is 13.3. The summed E-state index contributed by atoms with van der Waals surface area (Å²) in [6.45, 7) is 6.09. The monoisotopic (exact) mass is 277 g/mol. The first-order valence-electron chi connectivity index (χ1n) is 5.59. The Morgan fingerprint density at radius 1 is 1.33 bits per heavy atom. The number of benzene rings is 1. The van der Waals surface area contributed by atoms with Crippen molar-refractivity contribution < 1.29 is 0 Å². The van der Waals surface area contributed by atoms with Crippen LogP contribution in [0.1, 0.15) is 21.7 Å². The van der Waals surface area contributed by atoms with Crippen LogP contribution in [0.5, 0.6) is 0 Å². The molecule has 0 fully saturated rings. The fraction of sp³-hybridized carbons (Fsp3) is 0.231. The highest BCUT2D eigenvalue weighted by atomic mass is 32.1. The minimum Gasteiger partial charge on any atom is -0.389 e. The number of hydrogen-bond acceptors (Lipinski definition) is 4. The third kappa shape index (κ3) is 2.68. The molecule has 0 amide bonds. The van der Waals surface area contributed by atoms with E-state index < -0.39 is 0 Å². The standard InChI is InChI=1S/C13H15N3S2/c1-7-4-5-10(12(14)17)11(6-7)16-13-15-8(2)9(3)18-13/h4-6H,1-3H3,(H2,14,17)(H,15,16). The maximum Gasteiger partial charge on any atom is 0.187 e. The summed E-state index contributed by atoms with van der Waals surface area (Å²) in [6.07, 6.45) is 0. The van der Waals surface area contributed by atoms with Crippen LogP contribution in [0.2, 0.25) is 0 Å². The molecular formula is C13H15N3S2. The smallest absolute Gasteiger partial charge is 0.187 e. The number of rotatable bonds is 3. The maximum absolute atomic E-state index is 5.73. The van der Waals surface area contributed by atoms with E-state index in [-0.39, 0.29) is 0 Å². The van der Waals surface area contributed by atoms with Gasteiger partial charge in [-0.1, -0.05) is 18.3 Å². The predicted octanol–water partition coefficient (Wildman–Crippen LogP) is 3.45. The molecule has 0 aliphatic rings. The van der Waals surface area contributed by atoms with Crippen molar-refractivity contribution in [3.63, 3.8) is 0 Å². The lowest BCUT2D eigenvalue weighted by Gasteiger charge is -2.09. The Labute approximate surface area is 116 Å². The minimum absolute atomic E-state index is 0.391. The molecule has 3 N–H and O–H groups in total. The SMILES string of the molecule is Cc1ccc(C(N)=S)c(Nc2nc(C)c(C)s2)c1. The molecule has 0 unspecified atom stereocenters. The molecule has 3 nitrogen and oxygen atoms in total. The van der Waals surface area contributed by atoms with Crippen LogP contribution in [0.4, 0.5) is 10.8 Å². The molecule has 0 radical (unpaired) electrons. The second-order valence-electron chi connectivity index (χ2n) is 4.20. The summed E-state index contributed by atoms with van der Waals surface area (Å²) in [5.74, 6) is 0. The average molecular weight is 277 g/mol. The van der Waals surface area contributed by atoms with E-state index in [4.69, 9.17) is 18.0 Å². The van der Waals surface area contributed by atoms with Crippen molar-refractivity contribution in [3.8, 4) is 0 Å². The molecule has 94 valence electrons. The van der Waals surface area contributed by atoms with E-state index in [0.29, 0.717) is 4.99 Å². The van der Waals surface area contributed by atoms with Gasteiger partial charge in [0.1, 0.15) is 4.99 Å². The van der Waals surface area contributed by atoms with E-state index in [9.17, 15) is 0 Å². The van der Waals surface area contributed by atoms with Crippen LogP contribution < -0.4 is 11.1 Å². The van der Waals surface area contributed by atoms with E-state index in [1.54, 1.807) is 11.3 Å². The molecule has 18 heavy (non-hydrogen) atoms. The van der Waals surface area contributed by atoms with Gasteiger partial charge in [-0.25, -0.2) is 4.98 Å². The van der Waals surface area contributed by atoms with Crippen LogP contribution in [0.15, 0.2) is 18.2 Å². The molecule has 0 bridgehead atoms. The van der Waals surface area contributed by atoms with Crippen molar-refractivity contribution >= 4 is 39.4 Å². The van der Waals surface area contributed by atoms with Gasteiger partial charge in [-0.05, 0) is 38.5 Å². The second-order valence-corrected chi connectivity index (χ2v) is 5.84. The van der Waals surface area contributed by atoms with Crippen LogP contribution in [0.3, 0.4) is 0 Å². The van der Waals surface area contributed by atoms with Gasteiger partial charge in [-0.3, -0.25) is 0 Å². The van der Waals surface area contributed by atoms with Crippen molar-refractivity contribution in [2.45, 2.75) is 20.8 Å². The molecule has 0 aliphatic carbocycles. The third-order valence-corrected chi connectivity index (χ3v) is 3.92. The molecule has 0 spiro atoms. The van der Waals surface area contributed by atoms with E-state index in [2.05, 4.69) is 17.2 Å². The first-order chi connectivity index (χ1) is 8.47. The van der Waals surface area contributed by atoms with Crippen LogP contribution >= 0.6 is 23.6 Å². The Morgan fingerprint density at radius 2 is 2.06 bits per heavy atom. The molecule has 0 atom stereocenters. The number of nitrogens with zero attached hydrogens (tertiary/aromatic N) is 1. The fourth-order valence-corrected chi connectivity index (χ4v) is 2.62. The molecule has 0 aliphatic heterocycles. The van der Waals surface area contributed by atoms with Crippen molar-refractivity contribution in [1.82, 2.24) is 4.98 Å². The van der Waals surface area contributed by atoms with Crippen LogP contribution in [-0.2, 0) is 0 Å². The van der Waals surface area contributed by atoms with E-state index in [0.717, 1.165) is 27.6 Å². The van der Waals surface area contributed by atoms with Gasteiger partial charge in [0.15, 0.2) is 5.13 Å². The summed E-state index contributed by atoms with van der Waals surface area (Å²) >= 11 is 6.69. The van der Waals surface area contributed by atoms with Crippen molar-refractivity contribution in [1.29, 1.82) is 0 Å². The van der Waals surface area contributed by atoms with Gasteiger partial charge in [0.2, 0.25) is 0 Å². The molecule has 0 saturated carbocycles. The van der Waals surface area contributed by atoms with Gasteiger partial charge in [-0.2, -0.15) is 0 Å². The van der Waals surface area contributed by atoms with E-state index in [1.807, 2.05) is 32.0 Å². The first-order valence-corrected chi connectivity index (χ1v) is 6.81. The zero-order valence-electron chi connectivity index (χ0n) is 10.6. The van der Waals surface area contributed by atoms with Crippen LogP contribution in [-0.4, -0.2) is 9.97 Å². The number of aromatic nitrogens is 1. The van der Waals surface area contributed by atoms with Crippen molar-refractivity contribution in [2.24, 2.45) is 5.73 Å². The van der Waals surface area contributed by atoms with E-state index in [1.165, 1.54) is 4.88 Å². The van der Waals surface area contributed by atoms with Gasteiger partial charge >= 0.3 is 0 Å². The van der Waals surface area contributed by atoms with Crippen LogP contribution in [0, 0.1) is 20.8 Å². The lowest BCUT2D eigenvalue weighted by atomic mass is 10.1. The topological polar surface area (TPSA) is 50.9 Å². The Balaban J connectivity index is 2.38.